The monoisotopic (exact) mass is 1140 g/mol. The molecule has 0 heterocycles. The highest BCUT2D eigenvalue weighted by atomic mass is 31.2. The van der Waals surface area contributed by atoms with E-state index in [-0.39, 0.29) is 19.1 Å². The summed E-state index contributed by atoms with van der Waals surface area (Å²) in [5.74, 6) is -0.178. The number of likely N-dealkylation sites (N-methyl/N-ethyl adjacent to an activating group) is 1. The van der Waals surface area contributed by atoms with Crippen LogP contribution in [0.1, 0.15) is 296 Å². The van der Waals surface area contributed by atoms with Crippen molar-refractivity contribution in [1.82, 2.24) is 5.32 Å². The van der Waals surface area contributed by atoms with Crippen molar-refractivity contribution in [2.75, 3.05) is 40.9 Å². The second kappa shape index (κ2) is 61.0. The normalized spacial score (nSPS) is 14.3. The molecule has 0 aromatic carbocycles. The molecule has 8 nitrogen and oxygen atoms in total. The lowest BCUT2D eigenvalue weighted by Crippen LogP contribution is -2.45. The van der Waals surface area contributed by atoms with E-state index in [1.165, 1.54) is 193 Å². The second-order valence-electron chi connectivity index (χ2n) is 23.8. The van der Waals surface area contributed by atoms with Gasteiger partial charge in [0.15, 0.2) is 0 Å². The van der Waals surface area contributed by atoms with E-state index in [9.17, 15) is 19.4 Å². The average molecular weight is 1140 g/mol. The molecule has 0 aliphatic heterocycles. The molecule has 0 saturated carbocycles. The van der Waals surface area contributed by atoms with Crippen molar-refractivity contribution in [2.45, 2.75) is 309 Å². The Bertz CT molecular complexity index is 1620. The number of aliphatic hydroxyl groups is 1. The molecule has 3 N–H and O–H groups in total. The number of phosphoric ester groups is 1. The highest BCUT2D eigenvalue weighted by Gasteiger charge is 2.28. The van der Waals surface area contributed by atoms with E-state index >= 15 is 0 Å². The van der Waals surface area contributed by atoms with Crippen LogP contribution in [0.4, 0.5) is 0 Å². The van der Waals surface area contributed by atoms with Crippen LogP contribution in [-0.2, 0) is 18.4 Å². The zero-order valence-corrected chi connectivity index (χ0v) is 53.9. The predicted molar refractivity (Wildman–Crippen MR) is 350 cm³/mol. The van der Waals surface area contributed by atoms with Gasteiger partial charge in [0.05, 0.1) is 39.9 Å². The number of carbonyl (C=O) groups excluding carboxylic acids is 1. The standard InChI is InChI=1S/C71H129N2O6P/c1-6-8-10-12-14-16-18-20-22-24-26-28-30-31-32-33-34-35-36-37-38-39-40-41-43-45-47-49-51-53-55-57-59-61-63-65-71(75)72-69(68-79-80(76,77)78-67-66-73(3,4)5)70(74)64-62-60-58-56-54-52-50-48-46-44-42-29-27-25-23-21-19-17-15-13-11-9-7-2/h8,10,14,16,20,22,26,28,31-32,34-35,37-38,62,64,69-70,74H,6-7,9,11-13,15,17-19,21,23-25,27,29-30,33,36,39-61,63,65-68H2,1-5H3,(H-,72,75,76,77)/p+1/b10-8-,16-14-,22-20-,28-26-,32-31-,35-34-,38-37-,64-62+. The number of amides is 1. The van der Waals surface area contributed by atoms with Crippen LogP contribution >= 0.6 is 7.82 Å². The molecular formula is C71H130N2O6P+. The molecule has 80 heavy (non-hydrogen) atoms. The van der Waals surface area contributed by atoms with Crippen molar-refractivity contribution in [3.63, 3.8) is 0 Å². The van der Waals surface area contributed by atoms with Crippen LogP contribution in [0.3, 0.4) is 0 Å². The molecule has 3 unspecified atom stereocenters. The van der Waals surface area contributed by atoms with E-state index in [1.807, 2.05) is 27.2 Å². The summed E-state index contributed by atoms with van der Waals surface area (Å²) in [6, 6.07) is -0.854. The summed E-state index contributed by atoms with van der Waals surface area (Å²) in [6.07, 6.45) is 88.2. The highest BCUT2D eigenvalue weighted by Crippen LogP contribution is 2.43. The van der Waals surface area contributed by atoms with Gasteiger partial charge in [0.25, 0.3) is 0 Å². The number of aliphatic hydroxyl groups excluding tert-OH is 1. The summed E-state index contributed by atoms with van der Waals surface area (Å²) in [5.41, 5.74) is 0. The fourth-order valence-electron chi connectivity index (χ4n) is 9.61. The van der Waals surface area contributed by atoms with Crippen LogP contribution in [0.25, 0.3) is 0 Å². The Labute approximate surface area is 496 Å². The molecule has 0 aromatic rings. The van der Waals surface area contributed by atoms with Gasteiger partial charge in [-0.2, -0.15) is 0 Å². The van der Waals surface area contributed by atoms with E-state index in [0.29, 0.717) is 17.4 Å². The topological polar surface area (TPSA) is 105 Å². The number of rotatable bonds is 61. The minimum Gasteiger partial charge on any atom is -0.387 e. The number of hydrogen-bond donors (Lipinski definition) is 3. The Kier molecular flexibility index (Phi) is 59.0. The van der Waals surface area contributed by atoms with Gasteiger partial charge in [0.2, 0.25) is 5.91 Å². The molecule has 0 spiro atoms. The number of nitrogens with zero attached hydrogens (tertiary/aromatic N) is 1. The highest BCUT2D eigenvalue weighted by molar-refractivity contribution is 7.47. The number of hydrogen-bond acceptors (Lipinski definition) is 5. The first-order valence-corrected chi connectivity index (χ1v) is 35.1. The summed E-state index contributed by atoms with van der Waals surface area (Å²) in [4.78, 5) is 23.4. The summed E-state index contributed by atoms with van der Waals surface area (Å²) in [7, 11) is 1.57. The third-order valence-corrected chi connectivity index (χ3v) is 15.8. The van der Waals surface area contributed by atoms with Crippen LogP contribution < -0.4 is 5.32 Å². The quantitative estimate of drug-likeness (QED) is 0.0243. The van der Waals surface area contributed by atoms with Crippen LogP contribution in [0, 0.1) is 0 Å². The summed E-state index contributed by atoms with van der Waals surface area (Å²) >= 11 is 0. The molecule has 0 rings (SSSR count). The summed E-state index contributed by atoms with van der Waals surface area (Å²) < 4.78 is 23.8. The van der Waals surface area contributed by atoms with E-state index in [4.69, 9.17) is 9.05 Å². The Morgan fingerprint density at radius 3 is 1.10 bits per heavy atom. The van der Waals surface area contributed by atoms with Gasteiger partial charge in [0, 0.05) is 6.42 Å². The Balaban J connectivity index is 4.11. The second-order valence-corrected chi connectivity index (χ2v) is 25.3. The van der Waals surface area contributed by atoms with Gasteiger partial charge in [-0.1, -0.05) is 310 Å². The Hall–Kier alpha value is -2.58. The Morgan fingerprint density at radius 1 is 0.438 bits per heavy atom. The molecule has 464 valence electrons. The van der Waals surface area contributed by atoms with Crippen molar-refractivity contribution in [1.29, 1.82) is 0 Å². The zero-order valence-electron chi connectivity index (χ0n) is 53.0. The summed E-state index contributed by atoms with van der Waals surface area (Å²) in [6.45, 7) is 4.73. The molecule has 0 radical (unpaired) electrons. The van der Waals surface area contributed by atoms with Crippen LogP contribution in [-0.4, -0.2) is 73.4 Å². The van der Waals surface area contributed by atoms with Crippen LogP contribution in [0.5, 0.6) is 0 Å². The summed E-state index contributed by atoms with van der Waals surface area (Å²) in [5, 5.41) is 14.0. The first kappa shape index (κ1) is 77.4. The predicted octanol–water partition coefficient (Wildman–Crippen LogP) is 21.3. The third-order valence-electron chi connectivity index (χ3n) is 14.8. The SMILES string of the molecule is CC/C=C\C/C=C\C/C=C\C/C=C\C/C=C\C/C=C\C/C=C\CCCCCCCCCCCCCCCC(=O)NC(COP(=O)(O)OCC[N+](C)(C)C)C(O)/C=C/CCCCCCCCCCCCCCCCCCCCCCC. The molecule has 0 saturated heterocycles. The lowest BCUT2D eigenvalue weighted by molar-refractivity contribution is -0.870. The van der Waals surface area contributed by atoms with Gasteiger partial charge < -0.3 is 19.8 Å². The first-order chi connectivity index (χ1) is 39.0. The molecule has 0 aliphatic rings. The number of carbonyl (C=O) groups is 1. The van der Waals surface area contributed by atoms with Crippen LogP contribution in [0.15, 0.2) is 97.2 Å². The fourth-order valence-corrected chi connectivity index (χ4v) is 10.3. The van der Waals surface area contributed by atoms with Crippen LogP contribution in [0.2, 0.25) is 0 Å². The number of unbranched alkanes of at least 4 members (excludes halogenated alkanes) is 34. The molecule has 1 amide bonds. The molecule has 9 heteroatoms. The molecule has 3 atom stereocenters. The minimum absolute atomic E-state index is 0.0586. The first-order valence-electron chi connectivity index (χ1n) is 33.6. The maximum Gasteiger partial charge on any atom is 0.472 e. The van der Waals surface area contributed by atoms with Crippen molar-refractivity contribution in [3.8, 4) is 0 Å². The van der Waals surface area contributed by atoms with Crippen molar-refractivity contribution >= 4 is 13.7 Å². The van der Waals surface area contributed by atoms with Crippen molar-refractivity contribution in [3.05, 3.63) is 97.2 Å². The third kappa shape index (κ3) is 63.0. The number of nitrogens with one attached hydrogen (secondary N) is 1. The van der Waals surface area contributed by atoms with Gasteiger partial charge >= 0.3 is 7.82 Å². The largest absolute Gasteiger partial charge is 0.472 e. The zero-order chi connectivity index (χ0) is 58.4. The van der Waals surface area contributed by atoms with Crippen molar-refractivity contribution < 1.29 is 32.9 Å². The lowest BCUT2D eigenvalue weighted by Gasteiger charge is -2.25. The number of quaternary nitrogens is 1. The van der Waals surface area contributed by atoms with E-state index in [1.54, 1.807) is 6.08 Å². The van der Waals surface area contributed by atoms with E-state index in [2.05, 4.69) is 104 Å². The molecule has 0 bridgehead atoms. The van der Waals surface area contributed by atoms with Crippen molar-refractivity contribution in [2.24, 2.45) is 0 Å². The van der Waals surface area contributed by atoms with E-state index < -0.39 is 20.0 Å². The number of allylic oxidation sites excluding steroid dienone is 15. The average Bonchev–Trinajstić information content (AvgIpc) is 3.42. The van der Waals surface area contributed by atoms with Gasteiger partial charge in [-0.15, -0.1) is 0 Å². The minimum atomic E-state index is -4.36. The molecule has 0 aromatic heterocycles. The maximum absolute atomic E-state index is 13.0. The maximum atomic E-state index is 13.0. The lowest BCUT2D eigenvalue weighted by atomic mass is 10.0. The molecule has 0 aliphatic carbocycles. The van der Waals surface area contributed by atoms with Gasteiger partial charge in [-0.3, -0.25) is 13.8 Å². The van der Waals surface area contributed by atoms with Gasteiger partial charge in [0.1, 0.15) is 13.2 Å². The molecular weight excluding hydrogens is 1010 g/mol. The fraction of sp³-hybridized carbons (Fsp3) is 0.761. The number of phosphoric acid groups is 1. The molecule has 0 fully saturated rings. The van der Waals surface area contributed by atoms with E-state index in [0.717, 1.165) is 83.5 Å². The van der Waals surface area contributed by atoms with Gasteiger partial charge in [-0.05, 0) is 77.0 Å². The smallest absolute Gasteiger partial charge is 0.387 e. The van der Waals surface area contributed by atoms with Gasteiger partial charge in [-0.25, -0.2) is 4.57 Å². The Morgan fingerprint density at radius 2 is 0.750 bits per heavy atom.